The van der Waals surface area contributed by atoms with Crippen molar-refractivity contribution in [1.82, 2.24) is 24.7 Å². The van der Waals surface area contributed by atoms with Gasteiger partial charge >= 0.3 is 0 Å². The highest BCUT2D eigenvalue weighted by molar-refractivity contribution is 5.58. The summed E-state index contributed by atoms with van der Waals surface area (Å²) in [5, 5.41) is 4.44. The molecule has 2 N–H and O–H groups in total. The first kappa shape index (κ1) is 12.3. The summed E-state index contributed by atoms with van der Waals surface area (Å²) >= 11 is 0. The number of rotatable bonds is 2. The van der Waals surface area contributed by atoms with Crippen LogP contribution >= 0.6 is 0 Å². The van der Waals surface area contributed by atoms with Gasteiger partial charge in [-0.25, -0.2) is 19.6 Å². The second kappa shape index (κ2) is 4.73. The molecule has 0 spiro atoms. The minimum atomic E-state index is 0.638. The Labute approximate surface area is 116 Å². The van der Waals surface area contributed by atoms with Crippen LogP contribution in [-0.4, -0.2) is 24.7 Å². The average Bonchev–Trinajstić information content (AvgIpc) is 2.88. The molecule has 0 saturated carbocycles. The van der Waals surface area contributed by atoms with Crippen LogP contribution in [0, 0.1) is 13.8 Å². The van der Waals surface area contributed by atoms with E-state index in [9.17, 15) is 0 Å². The maximum atomic E-state index is 5.67. The summed E-state index contributed by atoms with van der Waals surface area (Å²) in [7, 11) is 0. The van der Waals surface area contributed by atoms with E-state index in [1.54, 1.807) is 11.0 Å². The topological polar surface area (TPSA) is 82.5 Å². The number of hydrogen-bond donors (Lipinski definition) is 1. The maximum Gasteiger partial charge on any atom is 0.181 e. The summed E-state index contributed by atoms with van der Waals surface area (Å²) in [6.07, 6.45) is 1.65. The lowest BCUT2D eigenvalue weighted by Gasteiger charge is -2.02. The molecule has 3 rings (SSSR count). The van der Waals surface area contributed by atoms with E-state index < -0.39 is 0 Å². The molecule has 3 aromatic rings. The second-order valence-corrected chi connectivity index (χ2v) is 4.55. The lowest BCUT2D eigenvalue weighted by atomic mass is 10.2. The molecule has 1 aromatic carbocycles. The van der Waals surface area contributed by atoms with Gasteiger partial charge < -0.3 is 5.73 Å². The van der Waals surface area contributed by atoms with Gasteiger partial charge in [0, 0.05) is 23.0 Å². The van der Waals surface area contributed by atoms with E-state index in [1.165, 1.54) is 0 Å². The van der Waals surface area contributed by atoms with Gasteiger partial charge in [0.15, 0.2) is 11.6 Å². The van der Waals surface area contributed by atoms with E-state index in [0.717, 1.165) is 16.9 Å². The molecule has 0 aliphatic heterocycles. The number of hydrogen-bond acceptors (Lipinski definition) is 5. The highest BCUT2D eigenvalue weighted by Crippen LogP contribution is 2.17. The molecule has 100 valence electrons. The zero-order chi connectivity index (χ0) is 14.1. The van der Waals surface area contributed by atoms with Crippen LogP contribution in [0.25, 0.3) is 17.2 Å². The van der Waals surface area contributed by atoms with Gasteiger partial charge in [-0.2, -0.15) is 0 Å². The van der Waals surface area contributed by atoms with Crippen molar-refractivity contribution >= 4 is 5.69 Å². The van der Waals surface area contributed by atoms with Gasteiger partial charge in [0.1, 0.15) is 12.2 Å². The fourth-order valence-electron chi connectivity index (χ4n) is 1.95. The molecular weight excluding hydrogens is 252 g/mol. The molecule has 0 bridgehead atoms. The summed E-state index contributed by atoms with van der Waals surface area (Å²) in [5.74, 6) is 2.06. The van der Waals surface area contributed by atoms with Gasteiger partial charge in [0.25, 0.3) is 0 Å². The van der Waals surface area contributed by atoms with Gasteiger partial charge in [-0.05, 0) is 38.1 Å². The smallest absolute Gasteiger partial charge is 0.181 e. The van der Waals surface area contributed by atoms with Crippen LogP contribution < -0.4 is 5.73 Å². The molecule has 2 heterocycles. The highest BCUT2D eigenvalue weighted by atomic mass is 15.4. The molecule has 6 heteroatoms. The Morgan fingerprint density at radius 3 is 2.50 bits per heavy atom. The van der Waals surface area contributed by atoms with Crippen molar-refractivity contribution in [2.24, 2.45) is 0 Å². The third kappa shape index (κ3) is 2.35. The van der Waals surface area contributed by atoms with Crippen molar-refractivity contribution in [3.63, 3.8) is 0 Å². The van der Waals surface area contributed by atoms with Crippen LogP contribution in [0.3, 0.4) is 0 Å². The molecular formula is C14H14N6. The average molecular weight is 266 g/mol. The van der Waals surface area contributed by atoms with E-state index in [0.29, 0.717) is 17.5 Å². The molecule has 20 heavy (non-hydrogen) atoms. The van der Waals surface area contributed by atoms with Gasteiger partial charge in [-0.1, -0.05) is 0 Å². The fourth-order valence-corrected chi connectivity index (χ4v) is 1.95. The van der Waals surface area contributed by atoms with Gasteiger partial charge in [-0.15, -0.1) is 5.10 Å². The van der Waals surface area contributed by atoms with Gasteiger partial charge in [0.05, 0.1) is 0 Å². The van der Waals surface area contributed by atoms with E-state index in [2.05, 4.69) is 20.1 Å². The lowest BCUT2D eigenvalue weighted by Crippen LogP contribution is -2.02. The Balaban J connectivity index is 1.99. The largest absolute Gasteiger partial charge is 0.399 e. The van der Waals surface area contributed by atoms with Crippen LogP contribution in [0.2, 0.25) is 0 Å². The zero-order valence-corrected chi connectivity index (χ0v) is 11.3. The fraction of sp³-hybridized carbons (Fsp3) is 0.143. The minimum Gasteiger partial charge on any atom is -0.399 e. The number of nitrogen functional groups attached to an aromatic ring is 1. The van der Waals surface area contributed by atoms with E-state index >= 15 is 0 Å². The first-order valence-corrected chi connectivity index (χ1v) is 6.22. The SMILES string of the molecule is Cc1cc(-n2cnc(-c3ccc(N)cc3)n2)nc(C)n1. The van der Waals surface area contributed by atoms with E-state index in [4.69, 9.17) is 5.73 Å². The van der Waals surface area contributed by atoms with E-state index in [-0.39, 0.29) is 0 Å². The van der Waals surface area contributed by atoms with Crippen molar-refractivity contribution in [3.8, 4) is 17.2 Å². The number of nitrogens with zero attached hydrogens (tertiary/aromatic N) is 5. The lowest BCUT2D eigenvalue weighted by molar-refractivity contribution is 0.823. The first-order valence-electron chi connectivity index (χ1n) is 6.22. The van der Waals surface area contributed by atoms with Crippen molar-refractivity contribution in [2.75, 3.05) is 5.73 Å². The standard InChI is InChI=1S/C14H14N6/c1-9-7-13(18-10(2)17-9)20-8-16-14(19-20)11-3-5-12(15)6-4-11/h3-8H,15H2,1-2H3. The number of benzene rings is 1. The Morgan fingerprint density at radius 1 is 1.05 bits per heavy atom. The minimum absolute atomic E-state index is 0.638. The van der Waals surface area contributed by atoms with E-state index in [1.807, 2.05) is 44.2 Å². The third-order valence-corrected chi connectivity index (χ3v) is 2.85. The van der Waals surface area contributed by atoms with Crippen LogP contribution in [-0.2, 0) is 0 Å². The second-order valence-electron chi connectivity index (χ2n) is 4.55. The summed E-state index contributed by atoms with van der Waals surface area (Å²) < 4.78 is 1.65. The molecule has 0 radical (unpaired) electrons. The first-order chi connectivity index (χ1) is 9.61. The van der Waals surface area contributed by atoms with Gasteiger partial charge in [0.2, 0.25) is 0 Å². The summed E-state index contributed by atoms with van der Waals surface area (Å²) in [6, 6.07) is 9.31. The predicted molar refractivity (Wildman–Crippen MR) is 76.3 cm³/mol. The van der Waals surface area contributed by atoms with Crippen molar-refractivity contribution < 1.29 is 0 Å². The van der Waals surface area contributed by atoms with Crippen molar-refractivity contribution in [2.45, 2.75) is 13.8 Å². The van der Waals surface area contributed by atoms with Crippen LogP contribution in [0.5, 0.6) is 0 Å². The van der Waals surface area contributed by atoms with Crippen molar-refractivity contribution in [1.29, 1.82) is 0 Å². The molecule has 0 fully saturated rings. The molecule has 0 saturated heterocycles. The Bertz CT molecular complexity index is 724. The predicted octanol–water partition coefficient (Wildman–Crippen LogP) is 1.92. The summed E-state index contributed by atoms with van der Waals surface area (Å²) in [6.45, 7) is 3.78. The molecule has 6 nitrogen and oxygen atoms in total. The van der Waals surface area contributed by atoms with Gasteiger partial charge in [-0.3, -0.25) is 0 Å². The number of aryl methyl sites for hydroxylation is 2. The molecule has 2 aromatic heterocycles. The summed E-state index contributed by atoms with van der Waals surface area (Å²) in [4.78, 5) is 12.9. The normalized spacial score (nSPS) is 10.7. The number of nitrogens with two attached hydrogens (primary N) is 1. The van der Waals surface area contributed by atoms with Crippen LogP contribution in [0.1, 0.15) is 11.5 Å². The maximum absolute atomic E-state index is 5.67. The molecule has 0 aliphatic carbocycles. The molecule has 0 amide bonds. The van der Waals surface area contributed by atoms with Crippen LogP contribution in [0.15, 0.2) is 36.7 Å². The number of aromatic nitrogens is 5. The number of anilines is 1. The molecule has 0 unspecified atom stereocenters. The molecule has 0 atom stereocenters. The Hall–Kier alpha value is -2.76. The van der Waals surface area contributed by atoms with Crippen molar-refractivity contribution in [3.05, 3.63) is 48.2 Å². The zero-order valence-electron chi connectivity index (χ0n) is 11.3. The van der Waals surface area contributed by atoms with Crippen LogP contribution in [0.4, 0.5) is 5.69 Å². The monoisotopic (exact) mass is 266 g/mol. The molecule has 0 aliphatic rings. The quantitative estimate of drug-likeness (QED) is 0.716. The Morgan fingerprint density at radius 2 is 1.80 bits per heavy atom. The summed E-state index contributed by atoms with van der Waals surface area (Å²) in [5.41, 5.74) is 8.21. The third-order valence-electron chi connectivity index (χ3n) is 2.85. The Kier molecular flexibility index (Phi) is 2.90. The highest BCUT2D eigenvalue weighted by Gasteiger charge is 2.07.